The Balaban J connectivity index is 1.86. The zero-order valence-electron chi connectivity index (χ0n) is 10.9. The van der Waals surface area contributed by atoms with E-state index in [1.54, 1.807) is 19.2 Å². The van der Waals surface area contributed by atoms with Crippen molar-refractivity contribution >= 4 is 33.4 Å². The molecule has 0 aliphatic heterocycles. The molecule has 0 aliphatic carbocycles. The number of sulfonamides is 1. The predicted octanol–water partition coefficient (Wildman–Crippen LogP) is 0.931. The molecule has 0 spiro atoms. The lowest BCUT2D eigenvalue weighted by Gasteiger charge is -2.06. The van der Waals surface area contributed by atoms with Crippen molar-refractivity contribution in [2.24, 2.45) is 7.05 Å². The number of aromatic nitrogens is 3. The average molecular weight is 313 g/mol. The Bertz CT molecular complexity index is 666. The Morgan fingerprint density at radius 3 is 2.65 bits per heavy atom. The van der Waals surface area contributed by atoms with E-state index in [0.29, 0.717) is 11.4 Å². The number of nitrogens with one attached hydrogen (secondary N) is 1. The lowest BCUT2D eigenvalue weighted by molar-refractivity contribution is 0.601. The quantitative estimate of drug-likeness (QED) is 0.607. The summed E-state index contributed by atoms with van der Waals surface area (Å²) < 4.78 is 27.5. The van der Waals surface area contributed by atoms with E-state index in [1.165, 1.54) is 22.8 Å². The number of nitrogens with zero attached hydrogens (tertiary/aromatic N) is 3. The van der Waals surface area contributed by atoms with Gasteiger partial charge in [0.05, 0.1) is 5.75 Å². The largest absolute Gasteiger partial charge is 0.399 e. The maximum Gasteiger partial charge on any atom is 0.235 e. The van der Waals surface area contributed by atoms with E-state index in [-0.39, 0.29) is 11.7 Å². The van der Waals surface area contributed by atoms with Crippen LogP contribution in [0.4, 0.5) is 11.6 Å². The predicted molar refractivity (Wildman–Crippen MR) is 80.0 cm³/mol. The first-order valence-electron chi connectivity index (χ1n) is 5.79. The van der Waals surface area contributed by atoms with Crippen LogP contribution in [0, 0.1) is 0 Å². The van der Waals surface area contributed by atoms with Gasteiger partial charge in [0.1, 0.15) is 6.33 Å². The number of rotatable bonds is 6. The van der Waals surface area contributed by atoms with Crippen molar-refractivity contribution in [3.63, 3.8) is 0 Å². The van der Waals surface area contributed by atoms with E-state index >= 15 is 0 Å². The fourth-order valence-electron chi connectivity index (χ4n) is 1.41. The molecule has 0 amide bonds. The van der Waals surface area contributed by atoms with E-state index in [4.69, 9.17) is 5.73 Å². The number of anilines is 2. The Hall–Kier alpha value is -1.74. The molecule has 0 bridgehead atoms. The van der Waals surface area contributed by atoms with Crippen LogP contribution in [-0.2, 0) is 17.1 Å². The van der Waals surface area contributed by atoms with Crippen molar-refractivity contribution < 1.29 is 8.42 Å². The average Bonchev–Trinajstić information content (AvgIpc) is 2.77. The van der Waals surface area contributed by atoms with Crippen molar-refractivity contribution in [1.29, 1.82) is 0 Å². The minimum absolute atomic E-state index is 0.00506. The van der Waals surface area contributed by atoms with Gasteiger partial charge >= 0.3 is 0 Å². The van der Waals surface area contributed by atoms with Crippen LogP contribution >= 0.6 is 11.8 Å². The van der Waals surface area contributed by atoms with Gasteiger partial charge in [0, 0.05) is 23.4 Å². The molecule has 0 aliphatic rings. The van der Waals surface area contributed by atoms with Crippen LogP contribution in [0.15, 0.2) is 35.5 Å². The fraction of sp³-hybridized carbons (Fsp3) is 0.273. The third kappa shape index (κ3) is 4.14. The van der Waals surface area contributed by atoms with Gasteiger partial charge in [-0.25, -0.2) is 13.1 Å². The van der Waals surface area contributed by atoms with Crippen molar-refractivity contribution in [3.05, 3.63) is 30.6 Å². The van der Waals surface area contributed by atoms with Gasteiger partial charge in [-0.05, 0) is 24.3 Å². The molecule has 108 valence electrons. The maximum absolute atomic E-state index is 11.9. The first-order valence-corrected chi connectivity index (χ1v) is 8.43. The minimum atomic E-state index is -3.42. The molecule has 3 N–H and O–H groups in total. The first kappa shape index (κ1) is 14.7. The summed E-state index contributed by atoms with van der Waals surface area (Å²) >= 11 is 1.46. The maximum atomic E-state index is 11.9. The fourth-order valence-corrected chi connectivity index (χ4v) is 3.75. The number of benzene rings is 1. The van der Waals surface area contributed by atoms with Crippen LogP contribution in [0.25, 0.3) is 0 Å². The molecule has 2 aromatic rings. The molecule has 1 aromatic heterocycles. The normalized spacial score (nSPS) is 11.4. The highest BCUT2D eigenvalue weighted by Crippen LogP contribution is 2.19. The van der Waals surface area contributed by atoms with Crippen LogP contribution < -0.4 is 10.5 Å². The molecule has 0 saturated heterocycles. The van der Waals surface area contributed by atoms with Gasteiger partial charge in [-0.1, -0.05) is 0 Å². The number of hydrogen-bond donors (Lipinski definition) is 2. The van der Waals surface area contributed by atoms with Crippen LogP contribution in [0.1, 0.15) is 0 Å². The minimum Gasteiger partial charge on any atom is -0.399 e. The van der Waals surface area contributed by atoms with Gasteiger partial charge in [0.25, 0.3) is 0 Å². The monoisotopic (exact) mass is 313 g/mol. The molecule has 0 unspecified atom stereocenters. The Kier molecular flexibility index (Phi) is 4.50. The SMILES string of the molecule is Cn1ncnc1NS(=O)(=O)CCSc1ccc(N)cc1. The molecule has 1 aromatic carbocycles. The molecule has 20 heavy (non-hydrogen) atoms. The highest BCUT2D eigenvalue weighted by atomic mass is 32.2. The molecule has 0 atom stereocenters. The molecular weight excluding hydrogens is 298 g/mol. The molecule has 2 rings (SSSR count). The second-order valence-electron chi connectivity index (χ2n) is 4.05. The second kappa shape index (κ2) is 6.14. The van der Waals surface area contributed by atoms with Crippen molar-refractivity contribution in [2.45, 2.75) is 4.90 Å². The first-order chi connectivity index (χ1) is 9.46. The number of nitrogens with two attached hydrogens (primary N) is 1. The van der Waals surface area contributed by atoms with Gasteiger partial charge in [-0.3, -0.25) is 4.72 Å². The Labute approximate surface area is 121 Å². The van der Waals surface area contributed by atoms with Crippen LogP contribution in [0.5, 0.6) is 0 Å². The highest BCUT2D eigenvalue weighted by molar-refractivity contribution is 8.01. The molecule has 9 heteroatoms. The van der Waals surface area contributed by atoms with Gasteiger partial charge in [-0.15, -0.1) is 11.8 Å². The van der Waals surface area contributed by atoms with E-state index < -0.39 is 10.0 Å². The lowest BCUT2D eigenvalue weighted by atomic mass is 10.3. The number of thioether (sulfide) groups is 1. The number of nitrogen functional groups attached to an aromatic ring is 1. The van der Waals surface area contributed by atoms with Gasteiger partial charge in [-0.2, -0.15) is 10.1 Å². The molecule has 0 fully saturated rings. The molecule has 7 nitrogen and oxygen atoms in total. The van der Waals surface area contributed by atoms with Crippen LogP contribution in [-0.4, -0.2) is 34.7 Å². The van der Waals surface area contributed by atoms with E-state index in [9.17, 15) is 8.42 Å². The van der Waals surface area contributed by atoms with E-state index in [0.717, 1.165) is 4.90 Å². The number of aryl methyl sites for hydroxylation is 1. The van der Waals surface area contributed by atoms with Crippen molar-refractivity contribution in [2.75, 3.05) is 22.0 Å². The molecular formula is C11H15N5O2S2. The smallest absolute Gasteiger partial charge is 0.235 e. The summed E-state index contributed by atoms with van der Waals surface area (Å²) in [6.45, 7) is 0. The summed E-state index contributed by atoms with van der Waals surface area (Å²) in [5, 5.41) is 3.80. The zero-order chi connectivity index (χ0) is 14.6. The van der Waals surface area contributed by atoms with Crippen molar-refractivity contribution in [1.82, 2.24) is 14.8 Å². The van der Waals surface area contributed by atoms with Gasteiger partial charge in [0.15, 0.2) is 0 Å². The molecule has 0 saturated carbocycles. The molecule has 1 heterocycles. The highest BCUT2D eigenvalue weighted by Gasteiger charge is 2.13. The third-order valence-corrected chi connectivity index (χ3v) is 4.97. The summed E-state index contributed by atoms with van der Waals surface area (Å²) in [5.41, 5.74) is 6.27. The second-order valence-corrected chi connectivity index (χ2v) is 7.06. The van der Waals surface area contributed by atoms with Gasteiger partial charge < -0.3 is 5.73 Å². The van der Waals surface area contributed by atoms with Gasteiger partial charge in [0.2, 0.25) is 16.0 Å². The van der Waals surface area contributed by atoms with E-state index in [1.807, 2.05) is 12.1 Å². The summed E-state index contributed by atoms with van der Waals surface area (Å²) in [7, 11) is -1.81. The number of hydrogen-bond acceptors (Lipinski definition) is 6. The molecule has 0 radical (unpaired) electrons. The Morgan fingerprint density at radius 1 is 1.35 bits per heavy atom. The summed E-state index contributed by atoms with van der Waals surface area (Å²) in [6.07, 6.45) is 1.29. The Morgan fingerprint density at radius 2 is 2.05 bits per heavy atom. The third-order valence-electron chi connectivity index (χ3n) is 2.46. The zero-order valence-corrected chi connectivity index (χ0v) is 12.5. The van der Waals surface area contributed by atoms with Crippen LogP contribution in [0.3, 0.4) is 0 Å². The van der Waals surface area contributed by atoms with E-state index in [2.05, 4.69) is 14.8 Å². The lowest BCUT2D eigenvalue weighted by Crippen LogP contribution is -2.20. The standard InChI is InChI=1S/C11H15N5O2S2/c1-16-11(13-8-14-16)15-20(17,18)7-6-19-10-4-2-9(12)3-5-10/h2-5,8H,6-7,12H2,1H3,(H,13,14,15). The summed E-state index contributed by atoms with van der Waals surface area (Å²) in [6, 6.07) is 7.30. The summed E-state index contributed by atoms with van der Waals surface area (Å²) in [5.74, 6) is 0.647. The van der Waals surface area contributed by atoms with Crippen LogP contribution in [0.2, 0.25) is 0 Å². The van der Waals surface area contributed by atoms with Crippen molar-refractivity contribution in [3.8, 4) is 0 Å². The summed E-state index contributed by atoms with van der Waals surface area (Å²) in [4.78, 5) is 4.80. The topological polar surface area (TPSA) is 103 Å².